The minimum Gasteiger partial charge on any atom is -0.350 e. The first-order valence-corrected chi connectivity index (χ1v) is 7.24. The zero-order chi connectivity index (χ0) is 13.0. The Labute approximate surface area is 117 Å². The number of hydrogen-bond donors (Lipinski definition) is 1. The molecule has 1 aromatic carbocycles. The van der Waals surface area contributed by atoms with E-state index in [1.54, 1.807) is 0 Å². The molecular formula is C14H19BrN2O. The minimum absolute atomic E-state index is 0.00217. The van der Waals surface area contributed by atoms with E-state index in [9.17, 15) is 4.79 Å². The highest BCUT2D eigenvalue weighted by Crippen LogP contribution is 2.12. The van der Waals surface area contributed by atoms with Gasteiger partial charge in [-0.3, -0.25) is 9.69 Å². The van der Waals surface area contributed by atoms with E-state index in [2.05, 4.69) is 33.1 Å². The van der Waals surface area contributed by atoms with Crippen LogP contribution in [0.25, 0.3) is 0 Å². The number of nitrogens with zero attached hydrogens (tertiary/aromatic N) is 1. The van der Waals surface area contributed by atoms with Crippen molar-refractivity contribution in [2.24, 2.45) is 0 Å². The fraction of sp³-hybridized carbons (Fsp3) is 0.500. The summed E-state index contributed by atoms with van der Waals surface area (Å²) in [6.45, 7) is 5.21. The maximum Gasteiger partial charge on any atom is 0.251 e. The number of amides is 1. The maximum absolute atomic E-state index is 12.0. The molecule has 1 aliphatic rings. The number of likely N-dealkylation sites (tertiary alicyclic amines) is 1. The molecular weight excluding hydrogens is 292 g/mol. The summed E-state index contributed by atoms with van der Waals surface area (Å²) in [7, 11) is 0. The van der Waals surface area contributed by atoms with E-state index < -0.39 is 0 Å². The molecule has 1 N–H and O–H groups in total. The van der Waals surface area contributed by atoms with Crippen molar-refractivity contribution in [3.63, 3.8) is 0 Å². The zero-order valence-corrected chi connectivity index (χ0v) is 12.2. The molecule has 1 saturated heterocycles. The number of rotatable bonds is 4. The van der Waals surface area contributed by atoms with Gasteiger partial charge in [0.25, 0.3) is 5.91 Å². The van der Waals surface area contributed by atoms with Crippen LogP contribution in [0.1, 0.15) is 30.1 Å². The quantitative estimate of drug-likeness (QED) is 0.927. The van der Waals surface area contributed by atoms with Crippen LogP contribution < -0.4 is 5.32 Å². The molecule has 98 valence electrons. The molecule has 0 spiro atoms. The molecule has 1 amide bonds. The molecule has 0 aliphatic carbocycles. The SMILES string of the molecule is CC(CNC(=O)c1cccc(Br)c1)N1CCCC1. The van der Waals surface area contributed by atoms with Crippen LogP contribution >= 0.6 is 15.9 Å². The van der Waals surface area contributed by atoms with Gasteiger partial charge in [-0.05, 0) is 51.1 Å². The molecule has 1 aliphatic heterocycles. The van der Waals surface area contributed by atoms with Crippen LogP contribution in [0.4, 0.5) is 0 Å². The normalized spacial score (nSPS) is 17.7. The Morgan fingerprint density at radius 3 is 2.83 bits per heavy atom. The average Bonchev–Trinajstić information content (AvgIpc) is 2.89. The lowest BCUT2D eigenvalue weighted by Crippen LogP contribution is -2.40. The fourth-order valence-corrected chi connectivity index (χ4v) is 2.68. The van der Waals surface area contributed by atoms with Crippen molar-refractivity contribution in [3.05, 3.63) is 34.3 Å². The van der Waals surface area contributed by atoms with Gasteiger partial charge in [-0.2, -0.15) is 0 Å². The zero-order valence-electron chi connectivity index (χ0n) is 10.7. The van der Waals surface area contributed by atoms with Crippen LogP contribution in [0.15, 0.2) is 28.7 Å². The second-order valence-corrected chi connectivity index (χ2v) is 5.73. The van der Waals surface area contributed by atoms with Crippen LogP contribution in [0.5, 0.6) is 0 Å². The fourth-order valence-electron chi connectivity index (χ4n) is 2.28. The first-order chi connectivity index (χ1) is 8.66. The Morgan fingerprint density at radius 2 is 2.17 bits per heavy atom. The summed E-state index contributed by atoms with van der Waals surface area (Å²) >= 11 is 3.38. The summed E-state index contributed by atoms with van der Waals surface area (Å²) in [6.07, 6.45) is 2.56. The summed E-state index contributed by atoms with van der Waals surface area (Å²) in [4.78, 5) is 14.4. The number of hydrogen-bond acceptors (Lipinski definition) is 2. The predicted octanol–water partition coefficient (Wildman–Crippen LogP) is 2.66. The van der Waals surface area contributed by atoms with Gasteiger partial charge in [-0.1, -0.05) is 22.0 Å². The second kappa shape index (κ2) is 6.34. The van der Waals surface area contributed by atoms with E-state index in [-0.39, 0.29) is 5.91 Å². The lowest BCUT2D eigenvalue weighted by Gasteiger charge is -2.23. The maximum atomic E-state index is 12.0. The van der Waals surface area contributed by atoms with E-state index in [1.165, 1.54) is 12.8 Å². The van der Waals surface area contributed by atoms with Gasteiger partial charge >= 0.3 is 0 Å². The number of benzene rings is 1. The highest BCUT2D eigenvalue weighted by atomic mass is 79.9. The van der Waals surface area contributed by atoms with Crippen LogP contribution in [0.2, 0.25) is 0 Å². The molecule has 1 atom stereocenters. The number of carbonyl (C=O) groups excluding carboxylic acids is 1. The molecule has 1 aromatic rings. The summed E-state index contributed by atoms with van der Waals surface area (Å²) in [5.41, 5.74) is 0.706. The monoisotopic (exact) mass is 310 g/mol. The topological polar surface area (TPSA) is 32.3 Å². The Bertz CT molecular complexity index is 416. The Morgan fingerprint density at radius 1 is 1.44 bits per heavy atom. The molecule has 1 unspecified atom stereocenters. The van der Waals surface area contributed by atoms with Crippen molar-refractivity contribution in [2.75, 3.05) is 19.6 Å². The van der Waals surface area contributed by atoms with E-state index >= 15 is 0 Å². The van der Waals surface area contributed by atoms with E-state index in [4.69, 9.17) is 0 Å². The van der Waals surface area contributed by atoms with Gasteiger partial charge < -0.3 is 5.32 Å². The highest BCUT2D eigenvalue weighted by molar-refractivity contribution is 9.10. The lowest BCUT2D eigenvalue weighted by atomic mass is 10.2. The van der Waals surface area contributed by atoms with Crippen LogP contribution in [-0.2, 0) is 0 Å². The molecule has 3 nitrogen and oxygen atoms in total. The largest absolute Gasteiger partial charge is 0.350 e. The standard InChI is InChI=1S/C14H19BrN2O/c1-11(17-7-2-3-8-17)10-16-14(18)12-5-4-6-13(15)9-12/h4-6,9,11H,2-3,7-8,10H2,1H3,(H,16,18). The summed E-state index contributed by atoms with van der Waals surface area (Å²) < 4.78 is 0.933. The van der Waals surface area contributed by atoms with Crippen molar-refractivity contribution in [3.8, 4) is 0 Å². The minimum atomic E-state index is 0.00217. The van der Waals surface area contributed by atoms with E-state index in [1.807, 2.05) is 24.3 Å². The summed E-state index contributed by atoms with van der Waals surface area (Å²) in [6, 6.07) is 7.90. The first kappa shape index (κ1) is 13.6. The van der Waals surface area contributed by atoms with E-state index in [0.717, 1.165) is 17.6 Å². The molecule has 0 aromatic heterocycles. The van der Waals surface area contributed by atoms with Gasteiger partial charge in [0.15, 0.2) is 0 Å². The second-order valence-electron chi connectivity index (χ2n) is 4.81. The van der Waals surface area contributed by atoms with Gasteiger partial charge in [0, 0.05) is 22.6 Å². The number of halogens is 1. The van der Waals surface area contributed by atoms with Crippen LogP contribution in [0.3, 0.4) is 0 Å². The Kier molecular flexibility index (Phi) is 4.78. The van der Waals surface area contributed by atoms with Crippen molar-refractivity contribution in [2.45, 2.75) is 25.8 Å². The molecule has 0 bridgehead atoms. The summed E-state index contributed by atoms with van der Waals surface area (Å²) in [5, 5.41) is 3.00. The molecule has 2 rings (SSSR count). The molecule has 1 fully saturated rings. The van der Waals surface area contributed by atoms with Gasteiger partial charge in [-0.25, -0.2) is 0 Å². The first-order valence-electron chi connectivity index (χ1n) is 6.44. The Hall–Kier alpha value is -0.870. The molecule has 0 saturated carbocycles. The predicted molar refractivity (Wildman–Crippen MR) is 76.7 cm³/mol. The van der Waals surface area contributed by atoms with Gasteiger partial charge in [0.2, 0.25) is 0 Å². The van der Waals surface area contributed by atoms with Gasteiger partial charge in [0.05, 0.1) is 0 Å². The smallest absolute Gasteiger partial charge is 0.251 e. The average molecular weight is 311 g/mol. The van der Waals surface area contributed by atoms with Crippen molar-refractivity contribution < 1.29 is 4.79 Å². The third-order valence-electron chi connectivity index (χ3n) is 3.41. The van der Waals surface area contributed by atoms with Crippen molar-refractivity contribution in [1.29, 1.82) is 0 Å². The van der Waals surface area contributed by atoms with Gasteiger partial charge in [0.1, 0.15) is 0 Å². The third kappa shape index (κ3) is 3.56. The van der Waals surface area contributed by atoms with Crippen LogP contribution in [0, 0.1) is 0 Å². The van der Waals surface area contributed by atoms with Gasteiger partial charge in [-0.15, -0.1) is 0 Å². The molecule has 1 heterocycles. The molecule has 18 heavy (non-hydrogen) atoms. The number of carbonyl (C=O) groups is 1. The lowest BCUT2D eigenvalue weighted by molar-refractivity contribution is 0.0940. The number of nitrogens with one attached hydrogen (secondary N) is 1. The van der Waals surface area contributed by atoms with Crippen LogP contribution in [-0.4, -0.2) is 36.5 Å². The summed E-state index contributed by atoms with van der Waals surface area (Å²) in [5.74, 6) is 0.00217. The molecule has 4 heteroatoms. The molecule has 0 radical (unpaired) electrons. The third-order valence-corrected chi connectivity index (χ3v) is 3.90. The van der Waals surface area contributed by atoms with Crippen molar-refractivity contribution in [1.82, 2.24) is 10.2 Å². The van der Waals surface area contributed by atoms with Crippen molar-refractivity contribution >= 4 is 21.8 Å². The van der Waals surface area contributed by atoms with E-state index in [0.29, 0.717) is 18.2 Å². The highest BCUT2D eigenvalue weighted by Gasteiger charge is 2.18. The Balaban J connectivity index is 1.84.